The van der Waals surface area contributed by atoms with Crippen LogP contribution in [0.1, 0.15) is 6.92 Å². The van der Waals surface area contributed by atoms with Gasteiger partial charge in [0.1, 0.15) is 11.5 Å². The van der Waals surface area contributed by atoms with Crippen LogP contribution in [-0.2, 0) is 0 Å². The number of alkyl halides is 3. The third kappa shape index (κ3) is 9.78. The summed E-state index contributed by atoms with van der Waals surface area (Å²) in [6.07, 6.45) is 0. The van der Waals surface area contributed by atoms with E-state index in [9.17, 15) is 0 Å². The monoisotopic (exact) mass is 256 g/mol. The smallest absolute Gasteiger partial charge is 0.187 e. The summed E-state index contributed by atoms with van der Waals surface area (Å²) in [5.74, 6) is 1.02. The van der Waals surface area contributed by atoms with E-state index in [2.05, 4.69) is 0 Å². The van der Waals surface area contributed by atoms with E-state index in [1.165, 1.54) is 6.92 Å². The first-order valence-electron chi connectivity index (χ1n) is 3.72. The highest BCUT2D eigenvalue weighted by Gasteiger charge is 2.07. The highest BCUT2D eigenvalue weighted by Crippen LogP contribution is 2.23. The van der Waals surface area contributed by atoms with E-state index >= 15 is 0 Å². The van der Waals surface area contributed by atoms with Gasteiger partial charge in [-0.2, -0.15) is 0 Å². The second-order valence-corrected chi connectivity index (χ2v) is 5.33. The molecule has 2 nitrogen and oxygen atoms in total. The van der Waals surface area contributed by atoms with E-state index < -0.39 is 3.79 Å². The van der Waals surface area contributed by atoms with Gasteiger partial charge in [-0.25, -0.2) is 0 Å². The number of halogens is 3. The first kappa shape index (κ1) is 13.7. The van der Waals surface area contributed by atoms with E-state index in [0.29, 0.717) is 0 Å². The Balaban J connectivity index is 0.000000292. The number of hydrogen-bond donors (Lipinski definition) is 1. The molecule has 1 aromatic carbocycles. The van der Waals surface area contributed by atoms with E-state index in [1.54, 1.807) is 31.4 Å². The van der Waals surface area contributed by atoms with Crippen molar-refractivity contribution in [2.75, 3.05) is 7.11 Å². The van der Waals surface area contributed by atoms with Crippen molar-refractivity contribution in [1.29, 1.82) is 0 Å². The molecule has 14 heavy (non-hydrogen) atoms. The molecule has 0 unspecified atom stereocenters. The third-order valence-electron chi connectivity index (χ3n) is 1.07. The molecule has 1 N–H and O–H groups in total. The summed E-state index contributed by atoms with van der Waals surface area (Å²) in [5, 5.41) is 8.80. The van der Waals surface area contributed by atoms with Crippen molar-refractivity contribution in [3.63, 3.8) is 0 Å². The molecule has 0 atom stereocenters. The van der Waals surface area contributed by atoms with E-state index in [-0.39, 0.29) is 5.75 Å². The molecule has 0 amide bonds. The maximum Gasteiger partial charge on any atom is 0.187 e. The van der Waals surface area contributed by atoms with Crippen LogP contribution in [-0.4, -0.2) is 16.0 Å². The summed E-state index contributed by atoms with van der Waals surface area (Å²) in [7, 11) is 1.59. The molecule has 0 aromatic heterocycles. The summed E-state index contributed by atoms with van der Waals surface area (Å²) in [5.41, 5.74) is 0. The fourth-order valence-electron chi connectivity index (χ4n) is 0.582. The van der Waals surface area contributed by atoms with Crippen LogP contribution in [0.25, 0.3) is 0 Å². The predicted octanol–water partition coefficient (Wildman–Crippen LogP) is 3.78. The number of ether oxygens (including phenoxy) is 1. The summed E-state index contributed by atoms with van der Waals surface area (Å²) in [6, 6.07) is 6.57. The van der Waals surface area contributed by atoms with E-state index in [4.69, 9.17) is 44.6 Å². The molecule has 0 bridgehead atoms. The topological polar surface area (TPSA) is 29.5 Å². The molecule has 1 rings (SSSR count). The van der Waals surface area contributed by atoms with Crippen molar-refractivity contribution in [1.82, 2.24) is 0 Å². The van der Waals surface area contributed by atoms with Crippen LogP contribution in [0, 0.1) is 0 Å². The Kier molecular flexibility index (Phi) is 6.09. The van der Waals surface area contributed by atoms with Gasteiger partial charge in [-0.3, -0.25) is 0 Å². The first-order chi connectivity index (χ1) is 6.33. The zero-order chi connectivity index (χ0) is 11.2. The molecule has 0 aliphatic carbocycles. The van der Waals surface area contributed by atoms with Crippen molar-refractivity contribution >= 4 is 34.8 Å². The first-order valence-corrected chi connectivity index (χ1v) is 4.86. The summed E-state index contributed by atoms with van der Waals surface area (Å²) >= 11 is 15.2. The van der Waals surface area contributed by atoms with Gasteiger partial charge in [0.25, 0.3) is 0 Å². The van der Waals surface area contributed by atoms with Crippen molar-refractivity contribution in [3.8, 4) is 11.5 Å². The van der Waals surface area contributed by atoms with Crippen LogP contribution in [0.4, 0.5) is 0 Å². The Morgan fingerprint density at radius 2 is 1.50 bits per heavy atom. The molecule has 0 heterocycles. The summed E-state index contributed by atoms with van der Waals surface area (Å²) in [4.78, 5) is 0. The molecule has 0 aliphatic rings. The molecule has 0 spiro atoms. The van der Waals surface area contributed by atoms with Crippen LogP contribution >= 0.6 is 34.8 Å². The van der Waals surface area contributed by atoms with Gasteiger partial charge in [-0.15, -0.1) is 0 Å². The van der Waals surface area contributed by atoms with Gasteiger partial charge in [0.2, 0.25) is 0 Å². The van der Waals surface area contributed by atoms with Crippen LogP contribution in [0.3, 0.4) is 0 Å². The average molecular weight is 258 g/mol. The zero-order valence-electron chi connectivity index (χ0n) is 7.80. The Morgan fingerprint density at radius 3 is 1.79 bits per heavy atom. The standard InChI is InChI=1S/C7H8O2.C2H3Cl3/c1-9-7-4-2-6(8)3-5-7;1-2(3,4)5/h2-5,8H,1H3;1H3. The molecular formula is C9H11Cl3O2. The van der Waals surface area contributed by atoms with Gasteiger partial charge >= 0.3 is 0 Å². The average Bonchev–Trinajstić information content (AvgIpc) is 2.03. The highest BCUT2D eigenvalue weighted by atomic mass is 35.6. The van der Waals surface area contributed by atoms with Crippen LogP contribution in [0.2, 0.25) is 0 Å². The fraction of sp³-hybridized carbons (Fsp3) is 0.333. The Labute approximate surface area is 98.3 Å². The highest BCUT2D eigenvalue weighted by molar-refractivity contribution is 6.67. The number of phenols is 1. The van der Waals surface area contributed by atoms with Gasteiger partial charge in [0.05, 0.1) is 7.11 Å². The Hall–Kier alpha value is -0.310. The van der Waals surface area contributed by atoms with Gasteiger partial charge in [0.15, 0.2) is 3.79 Å². The normalized spacial score (nSPS) is 10.1. The minimum atomic E-state index is -1.08. The van der Waals surface area contributed by atoms with E-state index in [0.717, 1.165) is 5.75 Å². The molecule has 0 aliphatic heterocycles. The molecule has 0 saturated carbocycles. The van der Waals surface area contributed by atoms with Crippen molar-refractivity contribution in [2.24, 2.45) is 0 Å². The number of hydrogen-bond acceptors (Lipinski definition) is 2. The van der Waals surface area contributed by atoms with Crippen molar-refractivity contribution in [3.05, 3.63) is 24.3 Å². The van der Waals surface area contributed by atoms with Crippen molar-refractivity contribution in [2.45, 2.75) is 10.7 Å². The lowest BCUT2D eigenvalue weighted by Crippen LogP contribution is -1.87. The Morgan fingerprint density at radius 1 is 1.14 bits per heavy atom. The quantitative estimate of drug-likeness (QED) is 0.776. The molecular weight excluding hydrogens is 246 g/mol. The minimum Gasteiger partial charge on any atom is -0.508 e. The van der Waals surface area contributed by atoms with Crippen LogP contribution in [0.15, 0.2) is 24.3 Å². The SMILES string of the molecule is CC(Cl)(Cl)Cl.COc1ccc(O)cc1. The lowest BCUT2D eigenvalue weighted by molar-refractivity contribution is 0.412. The molecule has 5 heteroatoms. The van der Waals surface area contributed by atoms with Crippen LogP contribution < -0.4 is 4.74 Å². The van der Waals surface area contributed by atoms with Gasteiger partial charge in [0, 0.05) is 0 Å². The zero-order valence-corrected chi connectivity index (χ0v) is 10.1. The van der Waals surface area contributed by atoms with Crippen molar-refractivity contribution < 1.29 is 9.84 Å². The predicted molar refractivity (Wildman–Crippen MR) is 60.6 cm³/mol. The summed E-state index contributed by atoms with van der Waals surface area (Å²) in [6.45, 7) is 1.48. The fourth-order valence-corrected chi connectivity index (χ4v) is 0.582. The maximum absolute atomic E-state index is 8.80. The van der Waals surface area contributed by atoms with Gasteiger partial charge < -0.3 is 9.84 Å². The number of aromatic hydroxyl groups is 1. The maximum atomic E-state index is 8.80. The van der Waals surface area contributed by atoms with Crippen LogP contribution in [0.5, 0.6) is 11.5 Å². The number of phenolic OH excluding ortho intramolecular Hbond substituents is 1. The minimum absolute atomic E-state index is 0.260. The number of rotatable bonds is 1. The number of methoxy groups -OCH3 is 1. The van der Waals surface area contributed by atoms with Gasteiger partial charge in [-0.05, 0) is 31.2 Å². The molecule has 1 aromatic rings. The second kappa shape index (κ2) is 6.23. The largest absolute Gasteiger partial charge is 0.508 e. The molecule has 0 saturated heterocycles. The molecule has 80 valence electrons. The molecule has 0 radical (unpaired) electrons. The summed E-state index contributed by atoms with van der Waals surface area (Å²) < 4.78 is 3.77. The second-order valence-electron chi connectivity index (χ2n) is 2.48. The lowest BCUT2D eigenvalue weighted by Gasteiger charge is -1.96. The molecule has 0 fully saturated rings. The van der Waals surface area contributed by atoms with Gasteiger partial charge in [-0.1, -0.05) is 34.8 Å². The number of benzene rings is 1. The van der Waals surface area contributed by atoms with E-state index in [1.807, 2.05) is 0 Å². The third-order valence-corrected chi connectivity index (χ3v) is 1.07. The Bertz CT molecular complexity index is 248. The lowest BCUT2D eigenvalue weighted by atomic mass is 10.3.